The maximum atomic E-state index is 11.8. The minimum absolute atomic E-state index is 0.0996. The monoisotopic (exact) mass is 214 g/mol. The molecular weight excluding hydrogens is 192 g/mol. The number of carbonyl (C=O) groups excluding carboxylic acids is 1. The van der Waals surface area contributed by atoms with Crippen molar-refractivity contribution in [1.29, 1.82) is 0 Å². The smallest absolute Gasteiger partial charge is 0.410 e. The van der Waals surface area contributed by atoms with Gasteiger partial charge >= 0.3 is 6.09 Å². The number of likely N-dealkylation sites (tertiary alicyclic amines) is 1. The molecule has 1 aliphatic rings. The van der Waals surface area contributed by atoms with Crippen LogP contribution >= 0.6 is 0 Å². The molecule has 1 heterocycles. The fourth-order valence-corrected chi connectivity index (χ4v) is 1.95. The van der Waals surface area contributed by atoms with Crippen molar-refractivity contribution in [2.75, 3.05) is 6.54 Å². The summed E-state index contributed by atoms with van der Waals surface area (Å²) in [4.78, 5) is 13.6. The fourth-order valence-electron chi connectivity index (χ4n) is 1.95. The van der Waals surface area contributed by atoms with E-state index in [0.717, 1.165) is 12.8 Å². The third-order valence-electron chi connectivity index (χ3n) is 2.64. The van der Waals surface area contributed by atoms with Crippen LogP contribution in [-0.2, 0) is 4.74 Å². The van der Waals surface area contributed by atoms with Gasteiger partial charge in [0.25, 0.3) is 0 Å². The molecule has 0 aromatic rings. The van der Waals surface area contributed by atoms with Crippen molar-refractivity contribution in [3.63, 3.8) is 0 Å². The molecule has 0 spiro atoms. The summed E-state index contributed by atoms with van der Waals surface area (Å²) in [7, 11) is 0. The predicted octanol–water partition coefficient (Wildman–Crippen LogP) is 1.73. The molecule has 4 heteroatoms. The molecule has 0 unspecified atom stereocenters. The van der Waals surface area contributed by atoms with Gasteiger partial charge in [0, 0.05) is 18.6 Å². The molecule has 2 N–H and O–H groups in total. The number of hydrogen-bond donors (Lipinski definition) is 1. The van der Waals surface area contributed by atoms with Gasteiger partial charge in [0.05, 0.1) is 0 Å². The quantitative estimate of drug-likeness (QED) is 0.723. The SMILES string of the molecule is CC[C@@H]1[C@@H](N)CCN1C(=O)OC(C)(C)C. The summed E-state index contributed by atoms with van der Waals surface area (Å²) in [5, 5.41) is 0. The van der Waals surface area contributed by atoms with Crippen LogP contribution < -0.4 is 5.73 Å². The average molecular weight is 214 g/mol. The first-order valence-corrected chi connectivity index (χ1v) is 5.60. The minimum Gasteiger partial charge on any atom is -0.444 e. The number of nitrogens with zero attached hydrogens (tertiary/aromatic N) is 1. The Morgan fingerprint density at radius 2 is 2.13 bits per heavy atom. The van der Waals surface area contributed by atoms with Crippen molar-refractivity contribution in [2.45, 2.75) is 58.2 Å². The maximum Gasteiger partial charge on any atom is 0.410 e. The van der Waals surface area contributed by atoms with Gasteiger partial charge in [0.1, 0.15) is 5.60 Å². The molecule has 0 saturated carbocycles. The van der Waals surface area contributed by atoms with Gasteiger partial charge in [-0.1, -0.05) is 6.92 Å². The first-order chi connectivity index (χ1) is 6.85. The van der Waals surface area contributed by atoms with Crippen LogP contribution in [0.3, 0.4) is 0 Å². The average Bonchev–Trinajstić information content (AvgIpc) is 2.43. The van der Waals surface area contributed by atoms with E-state index in [1.54, 1.807) is 4.90 Å². The van der Waals surface area contributed by atoms with Gasteiger partial charge in [0.2, 0.25) is 0 Å². The largest absolute Gasteiger partial charge is 0.444 e. The van der Waals surface area contributed by atoms with Gasteiger partial charge in [-0.3, -0.25) is 0 Å². The molecule has 88 valence electrons. The van der Waals surface area contributed by atoms with Crippen LogP contribution in [0.4, 0.5) is 4.79 Å². The Labute approximate surface area is 91.8 Å². The molecule has 0 aromatic carbocycles. The van der Waals surface area contributed by atoms with Crippen LogP contribution in [0.1, 0.15) is 40.5 Å². The third-order valence-corrected chi connectivity index (χ3v) is 2.64. The van der Waals surface area contributed by atoms with Crippen LogP contribution in [0.2, 0.25) is 0 Å². The lowest BCUT2D eigenvalue weighted by Crippen LogP contribution is -2.44. The summed E-state index contributed by atoms with van der Waals surface area (Å²) < 4.78 is 5.33. The Morgan fingerprint density at radius 3 is 2.60 bits per heavy atom. The molecule has 0 radical (unpaired) electrons. The minimum atomic E-state index is -0.429. The Hall–Kier alpha value is -0.770. The summed E-state index contributed by atoms with van der Waals surface area (Å²) in [5.74, 6) is 0. The van der Waals surface area contributed by atoms with Gasteiger partial charge < -0.3 is 15.4 Å². The van der Waals surface area contributed by atoms with E-state index < -0.39 is 5.60 Å². The molecule has 1 saturated heterocycles. The molecule has 0 aromatic heterocycles. The van der Waals surface area contributed by atoms with Gasteiger partial charge in [-0.15, -0.1) is 0 Å². The van der Waals surface area contributed by atoms with Crippen LogP contribution in [0, 0.1) is 0 Å². The van der Waals surface area contributed by atoms with E-state index in [4.69, 9.17) is 10.5 Å². The number of rotatable bonds is 1. The van der Waals surface area contributed by atoms with E-state index in [-0.39, 0.29) is 18.2 Å². The van der Waals surface area contributed by atoms with E-state index in [1.165, 1.54) is 0 Å². The lowest BCUT2D eigenvalue weighted by molar-refractivity contribution is 0.0217. The third kappa shape index (κ3) is 3.09. The summed E-state index contributed by atoms with van der Waals surface area (Å²) in [5.41, 5.74) is 5.50. The zero-order valence-corrected chi connectivity index (χ0v) is 10.1. The van der Waals surface area contributed by atoms with Crippen LogP contribution in [0.15, 0.2) is 0 Å². The Morgan fingerprint density at radius 1 is 1.53 bits per heavy atom. The molecule has 1 rings (SSSR count). The normalized spacial score (nSPS) is 26.9. The maximum absolute atomic E-state index is 11.8. The standard InChI is InChI=1S/C11H22N2O2/c1-5-9-8(12)6-7-13(9)10(14)15-11(2,3)4/h8-9H,5-7,12H2,1-4H3/t8-,9+/m0/s1. The highest BCUT2D eigenvalue weighted by Crippen LogP contribution is 2.21. The first kappa shape index (κ1) is 12.3. The second-order valence-electron chi connectivity index (χ2n) is 5.10. The highest BCUT2D eigenvalue weighted by atomic mass is 16.6. The van der Waals surface area contributed by atoms with E-state index in [0.29, 0.717) is 6.54 Å². The molecule has 1 amide bonds. The lowest BCUT2D eigenvalue weighted by atomic mass is 10.1. The molecule has 2 atom stereocenters. The van der Waals surface area contributed by atoms with E-state index in [2.05, 4.69) is 0 Å². The first-order valence-electron chi connectivity index (χ1n) is 5.60. The van der Waals surface area contributed by atoms with Crippen LogP contribution in [0.5, 0.6) is 0 Å². The summed E-state index contributed by atoms with van der Waals surface area (Å²) in [6.45, 7) is 8.40. The zero-order chi connectivity index (χ0) is 11.6. The Balaban J connectivity index is 2.60. The van der Waals surface area contributed by atoms with E-state index in [9.17, 15) is 4.79 Å². The summed E-state index contributed by atoms with van der Waals surface area (Å²) in [6, 6.07) is 0.238. The van der Waals surface area contributed by atoms with Crippen molar-refractivity contribution in [3.05, 3.63) is 0 Å². The Bertz CT molecular complexity index is 235. The number of ether oxygens (including phenoxy) is 1. The number of amides is 1. The second-order valence-corrected chi connectivity index (χ2v) is 5.10. The van der Waals surface area contributed by atoms with Gasteiger partial charge in [-0.25, -0.2) is 4.79 Å². The number of nitrogens with two attached hydrogens (primary N) is 1. The van der Waals surface area contributed by atoms with E-state index >= 15 is 0 Å². The van der Waals surface area contributed by atoms with Crippen molar-refractivity contribution in [3.8, 4) is 0 Å². The predicted molar refractivity (Wildman–Crippen MR) is 59.6 cm³/mol. The van der Waals surface area contributed by atoms with Gasteiger partial charge in [-0.2, -0.15) is 0 Å². The van der Waals surface area contributed by atoms with Gasteiger partial charge in [0.15, 0.2) is 0 Å². The van der Waals surface area contributed by atoms with Crippen molar-refractivity contribution in [1.82, 2.24) is 4.90 Å². The Kier molecular flexibility index (Phi) is 3.60. The highest BCUT2D eigenvalue weighted by molar-refractivity contribution is 5.69. The molecule has 4 nitrogen and oxygen atoms in total. The van der Waals surface area contributed by atoms with E-state index in [1.807, 2.05) is 27.7 Å². The van der Waals surface area contributed by atoms with Crippen LogP contribution in [-0.4, -0.2) is 35.2 Å². The molecule has 0 bridgehead atoms. The molecular formula is C11H22N2O2. The zero-order valence-electron chi connectivity index (χ0n) is 10.1. The molecule has 15 heavy (non-hydrogen) atoms. The summed E-state index contributed by atoms with van der Waals surface area (Å²) >= 11 is 0. The molecule has 0 aliphatic carbocycles. The van der Waals surface area contributed by atoms with Gasteiger partial charge in [-0.05, 0) is 33.6 Å². The van der Waals surface area contributed by atoms with Crippen molar-refractivity contribution in [2.24, 2.45) is 5.73 Å². The number of carbonyl (C=O) groups is 1. The summed E-state index contributed by atoms with van der Waals surface area (Å²) in [6.07, 6.45) is 1.53. The molecule has 1 aliphatic heterocycles. The topological polar surface area (TPSA) is 55.6 Å². The number of hydrogen-bond acceptors (Lipinski definition) is 3. The van der Waals surface area contributed by atoms with Crippen molar-refractivity contribution >= 4 is 6.09 Å². The second kappa shape index (κ2) is 4.39. The fraction of sp³-hybridized carbons (Fsp3) is 0.909. The molecule has 1 fully saturated rings. The lowest BCUT2D eigenvalue weighted by Gasteiger charge is -2.29. The van der Waals surface area contributed by atoms with Crippen LogP contribution in [0.25, 0.3) is 0 Å². The van der Waals surface area contributed by atoms with Crippen molar-refractivity contribution < 1.29 is 9.53 Å². The highest BCUT2D eigenvalue weighted by Gasteiger charge is 2.35.